The zero-order valence-corrected chi connectivity index (χ0v) is 9.59. The van der Waals surface area contributed by atoms with Gasteiger partial charge in [0.15, 0.2) is 0 Å². The van der Waals surface area contributed by atoms with Crippen molar-refractivity contribution in [3.05, 3.63) is 30.1 Å². The predicted octanol–water partition coefficient (Wildman–Crippen LogP) is 0.746. The molecule has 0 unspecified atom stereocenters. The van der Waals surface area contributed by atoms with Gasteiger partial charge in [-0.3, -0.25) is 14.7 Å². The third-order valence-electron chi connectivity index (χ3n) is 2.91. The first-order valence-corrected chi connectivity index (χ1v) is 5.68. The summed E-state index contributed by atoms with van der Waals surface area (Å²) < 4.78 is 0. The Hall–Kier alpha value is -1.42. The Bertz CT molecular complexity index is 353. The largest absolute Gasteiger partial charge is 0.341 e. The highest BCUT2D eigenvalue weighted by Crippen LogP contribution is 2.07. The van der Waals surface area contributed by atoms with Crippen LogP contribution in [0.25, 0.3) is 0 Å². The van der Waals surface area contributed by atoms with Gasteiger partial charge >= 0.3 is 0 Å². The lowest BCUT2D eigenvalue weighted by atomic mass is 10.2. The number of amides is 1. The van der Waals surface area contributed by atoms with Crippen molar-refractivity contribution in [2.24, 2.45) is 0 Å². The number of hydrogen-bond donors (Lipinski definition) is 0. The Morgan fingerprint density at radius 1 is 1.44 bits per heavy atom. The van der Waals surface area contributed by atoms with E-state index < -0.39 is 0 Å². The fourth-order valence-corrected chi connectivity index (χ4v) is 1.98. The average Bonchev–Trinajstić information content (AvgIpc) is 2.31. The normalized spacial score (nSPS) is 17.8. The number of pyridine rings is 1. The van der Waals surface area contributed by atoms with Crippen LogP contribution in [0.5, 0.6) is 0 Å². The molecule has 1 aromatic heterocycles. The summed E-state index contributed by atoms with van der Waals surface area (Å²) in [5.41, 5.74) is 1.17. The van der Waals surface area contributed by atoms with Crippen molar-refractivity contribution in [2.75, 3.05) is 26.2 Å². The van der Waals surface area contributed by atoms with Gasteiger partial charge in [-0.1, -0.05) is 6.07 Å². The molecule has 0 aliphatic carbocycles. The van der Waals surface area contributed by atoms with E-state index in [1.54, 1.807) is 6.20 Å². The molecular weight excluding hydrogens is 202 g/mol. The fourth-order valence-electron chi connectivity index (χ4n) is 1.98. The number of hydrogen-bond acceptors (Lipinski definition) is 3. The van der Waals surface area contributed by atoms with E-state index >= 15 is 0 Å². The van der Waals surface area contributed by atoms with Crippen LogP contribution in [-0.4, -0.2) is 46.9 Å². The van der Waals surface area contributed by atoms with E-state index in [9.17, 15) is 4.79 Å². The van der Waals surface area contributed by atoms with Crippen LogP contribution in [-0.2, 0) is 11.3 Å². The van der Waals surface area contributed by atoms with Gasteiger partial charge in [-0.2, -0.15) is 0 Å². The number of likely N-dealkylation sites (N-methyl/N-ethyl adjacent to an activating group) is 1. The highest BCUT2D eigenvalue weighted by Gasteiger charge is 2.22. The lowest BCUT2D eigenvalue weighted by molar-refractivity contribution is -0.135. The van der Waals surface area contributed by atoms with Gasteiger partial charge in [-0.05, 0) is 18.6 Å². The topological polar surface area (TPSA) is 36.4 Å². The Kier molecular flexibility index (Phi) is 3.51. The number of nitrogens with zero attached hydrogens (tertiary/aromatic N) is 3. The standard InChI is InChI=1S/C12H17N3O/c1-2-15-7-6-14(10-12(15)16)9-11-4-3-5-13-8-11/h3-5,8H,2,6-7,9-10H2,1H3. The van der Waals surface area contributed by atoms with Crippen LogP contribution < -0.4 is 0 Å². The SMILES string of the molecule is CCN1CCN(Cc2cccnc2)CC1=O. The molecule has 1 saturated heterocycles. The van der Waals surface area contributed by atoms with Crippen molar-refractivity contribution in [1.82, 2.24) is 14.8 Å². The van der Waals surface area contributed by atoms with Crippen molar-refractivity contribution < 1.29 is 4.79 Å². The molecule has 0 bridgehead atoms. The molecule has 86 valence electrons. The van der Waals surface area contributed by atoms with Gasteiger partial charge in [0, 0.05) is 38.6 Å². The molecule has 16 heavy (non-hydrogen) atoms. The molecule has 0 spiro atoms. The molecule has 0 aromatic carbocycles. The molecule has 1 aliphatic heterocycles. The second-order valence-corrected chi connectivity index (χ2v) is 4.05. The zero-order chi connectivity index (χ0) is 11.4. The second kappa shape index (κ2) is 5.07. The Balaban J connectivity index is 1.91. The maximum Gasteiger partial charge on any atom is 0.236 e. The Morgan fingerprint density at radius 3 is 2.94 bits per heavy atom. The molecule has 4 heteroatoms. The van der Waals surface area contributed by atoms with E-state index in [1.165, 1.54) is 5.56 Å². The summed E-state index contributed by atoms with van der Waals surface area (Å²) in [5.74, 6) is 0.234. The number of rotatable bonds is 3. The summed E-state index contributed by atoms with van der Waals surface area (Å²) in [4.78, 5) is 19.8. The van der Waals surface area contributed by atoms with Gasteiger partial charge < -0.3 is 4.90 Å². The lowest BCUT2D eigenvalue weighted by Crippen LogP contribution is -2.49. The first kappa shape index (κ1) is 11.1. The molecule has 2 heterocycles. The van der Waals surface area contributed by atoms with Gasteiger partial charge in [0.1, 0.15) is 0 Å². The molecule has 0 atom stereocenters. The van der Waals surface area contributed by atoms with Crippen LogP contribution >= 0.6 is 0 Å². The van der Waals surface area contributed by atoms with Crippen molar-refractivity contribution in [2.45, 2.75) is 13.5 Å². The van der Waals surface area contributed by atoms with Gasteiger partial charge in [0.05, 0.1) is 6.54 Å². The number of aromatic nitrogens is 1. The third-order valence-corrected chi connectivity index (χ3v) is 2.91. The van der Waals surface area contributed by atoms with E-state index in [4.69, 9.17) is 0 Å². The smallest absolute Gasteiger partial charge is 0.236 e. The first-order valence-electron chi connectivity index (χ1n) is 5.68. The maximum absolute atomic E-state index is 11.7. The highest BCUT2D eigenvalue weighted by atomic mass is 16.2. The van der Waals surface area contributed by atoms with Gasteiger partial charge in [0.2, 0.25) is 5.91 Å². The lowest BCUT2D eigenvalue weighted by Gasteiger charge is -2.33. The Labute approximate surface area is 95.9 Å². The molecule has 0 radical (unpaired) electrons. The van der Waals surface area contributed by atoms with E-state index in [0.717, 1.165) is 26.2 Å². The van der Waals surface area contributed by atoms with Crippen LogP contribution in [0.1, 0.15) is 12.5 Å². The van der Waals surface area contributed by atoms with Crippen LogP contribution in [0.4, 0.5) is 0 Å². The molecule has 1 aromatic rings. The maximum atomic E-state index is 11.7. The van der Waals surface area contributed by atoms with Crippen molar-refractivity contribution in [1.29, 1.82) is 0 Å². The van der Waals surface area contributed by atoms with Crippen molar-refractivity contribution >= 4 is 5.91 Å². The highest BCUT2D eigenvalue weighted by molar-refractivity contribution is 5.78. The molecule has 1 fully saturated rings. The van der Waals surface area contributed by atoms with Gasteiger partial charge in [0.25, 0.3) is 0 Å². The minimum absolute atomic E-state index is 0.234. The fraction of sp³-hybridized carbons (Fsp3) is 0.500. The Morgan fingerprint density at radius 2 is 2.31 bits per heavy atom. The quantitative estimate of drug-likeness (QED) is 0.752. The number of carbonyl (C=O) groups is 1. The summed E-state index contributed by atoms with van der Waals surface area (Å²) in [6.45, 7) is 5.98. The second-order valence-electron chi connectivity index (χ2n) is 4.05. The van der Waals surface area contributed by atoms with Crippen molar-refractivity contribution in [3.63, 3.8) is 0 Å². The zero-order valence-electron chi connectivity index (χ0n) is 9.59. The van der Waals surface area contributed by atoms with E-state index in [0.29, 0.717) is 6.54 Å². The van der Waals surface area contributed by atoms with E-state index in [2.05, 4.69) is 9.88 Å². The summed E-state index contributed by atoms with van der Waals surface area (Å²) in [6.07, 6.45) is 3.63. The molecule has 1 aliphatic rings. The third kappa shape index (κ3) is 2.58. The van der Waals surface area contributed by atoms with Crippen LogP contribution in [0.3, 0.4) is 0 Å². The molecule has 1 amide bonds. The van der Waals surface area contributed by atoms with Crippen LogP contribution in [0, 0.1) is 0 Å². The first-order chi connectivity index (χ1) is 7.79. The molecule has 4 nitrogen and oxygen atoms in total. The van der Waals surface area contributed by atoms with E-state index in [1.807, 2.05) is 30.2 Å². The van der Waals surface area contributed by atoms with Crippen molar-refractivity contribution in [3.8, 4) is 0 Å². The van der Waals surface area contributed by atoms with Crippen LogP contribution in [0.2, 0.25) is 0 Å². The minimum Gasteiger partial charge on any atom is -0.341 e. The summed E-state index contributed by atoms with van der Waals surface area (Å²) in [6, 6.07) is 3.98. The summed E-state index contributed by atoms with van der Waals surface area (Å²) >= 11 is 0. The van der Waals surface area contributed by atoms with Gasteiger partial charge in [-0.15, -0.1) is 0 Å². The van der Waals surface area contributed by atoms with Gasteiger partial charge in [-0.25, -0.2) is 0 Å². The monoisotopic (exact) mass is 219 g/mol. The number of piperazine rings is 1. The molecule has 0 N–H and O–H groups in total. The minimum atomic E-state index is 0.234. The summed E-state index contributed by atoms with van der Waals surface area (Å²) in [5, 5.41) is 0. The molecule has 2 rings (SSSR count). The molecule has 0 saturated carbocycles. The summed E-state index contributed by atoms with van der Waals surface area (Å²) in [7, 11) is 0. The number of carbonyl (C=O) groups excluding carboxylic acids is 1. The average molecular weight is 219 g/mol. The predicted molar refractivity (Wildman–Crippen MR) is 61.8 cm³/mol. The van der Waals surface area contributed by atoms with E-state index in [-0.39, 0.29) is 5.91 Å². The van der Waals surface area contributed by atoms with Crippen LogP contribution in [0.15, 0.2) is 24.5 Å². The molecular formula is C12H17N3O.